The predicted octanol–water partition coefficient (Wildman–Crippen LogP) is 1.97. The lowest BCUT2D eigenvalue weighted by molar-refractivity contribution is -0.127. The van der Waals surface area contributed by atoms with Crippen LogP contribution in [0.15, 0.2) is 54.9 Å². The number of nitrogens with zero attached hydrogens (tertiary/aromatic N) is 2. The van der Waals surface area contributed by atoms with E-state index in [-0.39, 0.29) is 17.9 Å². The molecule has 1 saturated heterocycles. The van der Waals surface area contributed by atoms with Crippen molar-refractivity contribution in [2.45, 2.75) is 19.4 Å². The summed E-state index contributed by atoms with van der Waals surface area (Å²) in [6, 6.07) is 13.7. The van der Waals surface area contributed by atoms with Crippen LogP contribution in [-0.4, -0.2) is 41.5 Å². The third-order valence-corrected chi connectivity index (χ3v) is 4.53. The molecule has 1 aliphatic heterocycles. The molecule has 0 radical (unpaired) electrons. The van der Waals surface area contributed by atoms with Crippen molar-refractivity contribution in [1.82, 2.24) is 20.5 Å². The summed E-state index contributed by atoms with van der Waals surface area (Å²) in [4.78, 5) is 30.0. The van der Waals surface area contributed by atoms with Gasteiger partial charge >= 0.3 is 6.03 Å². The van der Waals surface area contributed by atoms with Crippen LogP contribution in [0, 0.1) is 5.92 Å². The number of pyridine rings is 1. The Bertz CT molecular complexity index is 721. The van der Waals surface area contributed by atoms with Crippen molar-refractivity contribution in [3.05, 3.63) is 66.0 Å². The molecule has 0 saturated carbocycles. The SMILES string of the molecule is O=C(NCc1cccnc1)NC[C@@H]1CC(=O)N(CCc2ccccc2)C1. The van der Waals surface area contributed by atoms with Gasteiger partial charge in [-0.05, 0) is 23.6 Å². The molecular weight excluding hydrogens is 328 g/mol. The van der Waals surface area contributed by atoms with Gasteiger partial charge in [0, 0.05) is 50.9 Å². The molecule has 3 amide bonds. The minimum atomic E-state index is -0.218. The molecule has 26 heavy (non-hydrogen) atoms. The largest absolute Gasteiger partial charge is 0.342 e. The molecule has 2 aromatic rings. The number of hydrogen-bond donors (Lipinski definition) is 2. The first-order valence-electron chi connectivity index (χ1n) is 8.93. The van der Waals surface area contributed by atoms with E-state index < -0.39 is 0 Å². The third kappa shape index (κ3) is 5.31. The Morgan fingerprint density at radius 1 is 1.12 bits per heavy atom. The molecule has 2 N–H and O–H groups in total. The number of hydrogen-bond acceptors (Lipinski definition) is 3. The Kier molecular flexibility index (Phi) is 6.19. The highest BCUT2D eigenvalue weighted by Gasteiger charge is 2.29. The van der Waals surface area contributed by atoms with Gasteiger partial charge in [-0.3, -0.25) is 9.78 Å². The van der Waals surface area contributed by atoms with Crippen LogP contribution in [0.1, 0.15) is 17.5 Å². The lowest BCUT2D eigenvalue weighted by atomic mass is 10.1. The molecule has 136 valence electrons. The van der Waals surface area contributed by atoms with E-state index in [0.717, 1.165) is 18.5 Å². The van der Waals surface area contributed by atoms with Crippen molar-refractivity contribution in [3.63, 3.8) is 0 Å². The number of carbonyl (C=O) groups excluding carboxylic acids is 2. The smallest absolute Gasteiger partial charge is 0.315 e. The average Bonchev–Trinajstić information content (AvgIpc) is 3.04. The summed E-state index contributed by atoms with van der Waals surface area (Å²) < 4.78 is 0. The standard InChI is InChI=1S/C20H24N4O2/c25-19-11-18(15-24(19)10-8-16-5-2-1-3-6-16)14-23-20(26)22-13-17-7-4-9-21-12-17/h1-7,9,12,18H,8,10-11,13-15H2,(H2,22,23,26)/t18-/m0/s1. The zero-order valence-corrected chi connectivity index (χ0v) is 14.7. The molecule has 1 atom stereocenters. The van der Waals surface area contributed by atoms with Crippen LogP contribution in [0.2, 0.25) is 0 Å². The van der Waals surface area contributed by atoms with Gasteiger partial charge in [0.25, 0.3) is 0 Å². The first-order chi connectivity index (χ1) is 12.7. The predicted molar refractivity (Wildman–Crippen MR) is 99.3 cm³/mol. The average molecular weight is 352 g/mol. The topological polar surface area (TPSA) is 74.3 Å². The molecule has 2 heterocycles. The van der Waals surface area contributed by atoms with E-state index in [1.807, 2.05) is 35.2 Å². The van der Waals surface area contributed by atoms with Crippen molar-refractivity contribution < 1.29 is 9.59 Å². The van der Waals surface area contributed by atoms with Crippen LogP contribution in [0.3, 0.4) is 0 Å². The second-order valence-corrected chi connectivity index (χ2v) is 6.57. The van der Waals surface area contributed by atoms with Gasteiger partial charge in [0.15, 0.2) is 0 Å². The van der Waals surface area contributed by atoms with Crippen molar-refractivity contribution in [2.75, 3.05) is 19.6 Å². The van der Waals surface area contributed by atoms with Crippen LogP contribution in [0.4, 0.5) is 4.79 Å². The zero-order chi connectivity index (χ0) is 18.2. The Labute approximate surface area is 153 Å². The summed E-state index contributed by atoms with van der Waals surface area (Å²) in [6.45, 7) is 2.38. The van der Waals surface area contributed by atoms with E-state index in [0.29, 0.717) is 26.1 Å². The molecule has 0 unspecified atom stereocenters. The summed E-state index contributed by atoms with van der Waals surface area (Å²) >= 11 is 0. The summed E-state index contributed by atoms with van der Waals surface area (Å²) in [6.07, 6.45) is 4.78. The third-order valence-electron chi connectivity index (χ3n) is 4.53. The van der Waals surface area contributed by atoms with E-state index >= 15 is 0 Å². The van der Waals surface area contributed by atoms with Gasteiger partial charge in [-0.25, -0.2) is 4.79 Å². The van der Waals surface area contributed by atoms with Crippen molar-refractivity contribution in [1.29, 1.82) is 0 Å². The van der Waals surface area contributed by atoms with Gasteiger partial charge < -0.3 is 15.5 Å². The first kappa shape index (κ1) is 17.9. The minimum absolute atomic E-state index is 0.169. The number of carbonyl (C=O) groups is 2. The van der Waals surface area contributed by atoms with E-state index in [1.54, 1.807) is 12.4 Å². The number of urea groups is 1. The summed E-state index contributed by atoms with van der Waals surface area (Å²) in [5.41, 5.74) is 2.18. The van der Waals surface area contributed by atoms with Crippen molar-refractivity contribution in [2.24, 2.45) is 5.92 Å². The molecule has 1 aromatic carbocycles. The number of rotatable bonds is 7. The van der Waals surface area contributed by atoms with Crippen LogP contribution in [-0.2, 0) is 17.8 Å². The maximum Gasteiger partial charge on any atom is 0.315 e. The highest BCUT2D eigenvalue weighted by Crippen LogP contribution is 2.17. The minimum Gasteiger partial charge on any atom is -0.342 e. The summed E-state index contributed by atoms with van der Waals surface area (Å²) in [5.74, 6) is 0.339. The van der Waals surface area contributed by atoms with Crippen LogP contribution >= 0.6 is 0 Å². The van der Waals surface area contributed by atoms with Gasteiger partial charge in [-0.1, -0.05) is 36.4 Å². The first-order valence-corrected chi connectivity index (χ1v) is 8.93. The number of aromatic nitrogens is 1. The fourth-order valence-electron chi connectivity index (χ4n) is 3.10. The molecule has 1 fully saturated rings. The summed E-state index contributed by atoms with van der Waals surface area (Å²) in [5, 5.41) is 5.66. The highest BCUT2D eigenvalue weighted by molar-refractivity contribution is 5.79. The van der Waals surface area contributed by atoms with E-state index in [2.05, 4.69) is 27.8 Å². The molecule has 1 aromatic heterocycles. The number of amides is 3. The van der Waals surface area contributed by atoms with Gasteiger partial charge in [0.2, 0.25) is 5.91 Å². The maximum atomic E-state index is 12.2. The number of benzene rings is 1. The Morgan fingerprint density at radius 2 is 1.92 bits per heavy atom. The van der Waals surface area contributed by atoms with Crippen molar-refractivity contribution in [3.8, 4) is 0 Å². The van der Waals surface area contributed by atoms with E-state index in [9.17, 15) is 9.59 Å². The molecule has 0 aliphatic carbocycles. The number of nitrogens with one attached hydrogen (secondary N) is 2. The Balaban J connectivity index is 1.36. The lowest BCUT2D eigenvalue weighted by Crippen LogP contribution is -2.38. The quantitative estimate of drug-likeness (QED) is 0.800. The van der Waals surface area contributed by atoms with Crippen LogP contribution in [0.5, 0.6) is 0 Å². The normalized spacial score (nSPS) is 16.5. The highest BCUT2D eigenvalue weighted by atomic mass is 16.2. The van der Waals surface area contributed by atoms with E-state index in [4.69, 9.17) is 0 Å². The Hall–Kier alpha value is -2.89. The second-order valence-electron chi connectivity index (χ2n) is 6.57. The van der Waals surface area contributed by atoms with E-state index in [1.165, 1.54) is 5.56 Å². The van der Waals surface area contributed by atoms with Crippen molar-refractivity contribution >= 4 is 11.9 Å². The molecule has 6 heteroatoms. The van der Waals surface area contributed by atoms with Crippen LogP contribution in [0.25, 0.3) is 0 Å². The fourth-order valence-corrected chi connectivity index (χ4v) is 3.10. The summed E-state index contributed by atoms with van der Waals surface area (Å²) in [7, 11) is 0. The molecule has 6 nitrogen and oxygen atoms in total. The maximum absolute atomic E-state index is 12.2. The van der Waals surface area contributed by atoms with Gasteiger partial charge in [-0.2, -0.15) is 0 Å². The molecular formula is C20H24N4O2. The monoisotopic (exact) mass is 352 g/mol. The molecule has 1 aliphatic rings. The fraction of sp³-hybridized carbons (Fsp3) is 0.350. The molecule has 0 bridgehead atoms. The Morgan fingerprint density at radius 3 is 2.69 bits per heavy atom. The zero-order valence-electron chi connectivity index (χ0n) is 14.7. The van der Waals surface area contributed by atoms with Crippen LogP contribution < -0.4 is 10.6 Å². The van der Waals surface area contributed by atoms with Gasteiger partial charge in [-0.15, -0.1) is 0 Å². The molecule has 0 spiro atoms. The number of likely N-dealkylation sites (tertiary alicyclic amines) is 1. The lowest BCUT2D eigenvalue weighted by Gasteiger charge is -2.17. The molecule has 3 rings (SSSR count). The second kappa shape index (κ2) is 8.99. The van der Waals surface area contributed by atoms with Gasteiger partial charge in [0.1, 0.15) is 0 Å². The van der Waals surface area contributed by atoms with Gasteiger partial charge in [0.05, 0.1) is 0 Å².